The van der Waals surface area contributed by atoms with Crippen molar-refractivity contribution >= 4 is 0 Å². The van der Waals surface area contributed by atoms with Gasteiger partial charge in [0.1, 0.15) is 0 Å². The molecule has 0 aliphatic heterocycles. The third-order valence-corrected chi connectivity index (χ3v) is 0. The van der Waals surface area contributed by atoms with Gasteiger partial charge < -0.3 is 21.9 Å². The Morgan fingerprint density at radius 3 is 0.500 bits per heavy atom. The summed E-state index contributed by atoms with van der Waals surface area (Å²) < 4.78 is 0. The Hall–Kier alpha value is 1.79. The van der Waals surface area contributed by atoms with Gasteiger partial charge in [-0.2, -0.15) is 0 Å². The van der Waals surface area contributed by atoms with E-state index in [0.29, 0.717) is 0 Å². The fraction of sp³-hybridized carbons (Fsp3) is 0. The first kappa shape index (κ1) is 112. The fourth-order valence-electron chi connectivity index (χ4n) is 0. The van der Waals surface area contributed by atoms with Crippen molar-refractivity contribution in [2.75, 3.05) is 0 Å². The summed E-state index contributed by atoms with van der Waals surface area (Å²) in [5.41, 5.74) is 0. The molecule has 0 amide bonds. The van der Waals surface area contributed by atoms with Crippen molar-refractivity contribution in [3.63, 3.8) is 0 Å². The van der Waals surface area contributed by atoms with Crippen molar-refractivity contribution in [3.05, 3.63) is 0 Å². The zero-order chi connectivity index (χ0) is 0. The van der Waals surface area contributed by atoms with Gasteiger partial charge in [-0.25, -0.2) is 0 Å². The first-order chi connectivity index (χ1) is 0. The standard InChI is InChI=1S/4O.Pr.V/q4*-2;;+4. The van der Waals surface area contributed by atoms with E-state index in [-0.39, 0.29) is 81.8 Å². The van der Waals surface area contributed by atoms with Crippen molar-refractivity contribution < 1.29 is 81.8 Å². The van der Waals surface area contributed by atoms with Crippen LogP contribution in [-0.2, 0) is 40.5 Å². The van der Waals surface area contributed by atoms with E-state index < -0.39 is 0 Å². The number of hydrogen-bond donors (Lipinski definition) is 0. The zero-order valence-electron chi connectivity index (χ0n) is 2.66. The van der Waals surface area contributed by atoms with Gasteiger partial charge in [-0.05, 0) is 0 Å². The van der Waals surface area contributed by atoms with Crippen LogP contribution < -0.4 is 0 Å². The Balaban J connectivity index is 0. The van der Waals surface area contributed by atoms with Crippen LogP contribution in [0.4, 0.5) is 0 Å². The monoisotopic (exact) mass is 256 g/mol. The van der Waals surface area contributed by atoms with Crippen molar-refractivity contribution in [2.24, 2.45) is 0 Å². The van der Waals surface area contributed by atoms with Crippen LogP contribution in [-0.4, -0.2) is 0 Å². The summed E-state index contributed by atoms with van der Waals surface area (Å²) in [6.07, 6.45) is 0. The average Bonchev–Trinajstić information content (AvgIpc) is 0. The topological polar surface area (TPSA) is 114 Å². The molecule has 0 unspecified atom stereocenters. The molecule has 4 nitrogen and oxygen atoms in total. The van der Waals surface area contributed by atoms with E-state index >= 15 is 0 Å². The molecule has 0 rings (SSSR count). The maximum Gasteiger partial charge on any atom is 4.00 e. The number of rotatable bonds is 0. The first-order valence-corrected chi connectivity index (χ1v) is 0. The first-order valence-electron chi connectivity index (χ1n) is 0. The second kappa shape index (κ2) is 71.1. The third-order valence-electron chi connectivity index (χ3n) is 0. The van der Waals surface area contributed by atoms with E-state index in [4.69, 9.17) is 0 Å². The van der Waals surface area contributed by atoms with Gasteiger partial charge in [-0.1, -0.05) is 0 Å². The predicted octanol–water partition coefficient (Wildman–Crippen LogP) is -0.478. The van der Waals surface area contributed by atoms with Crippen LogP contribution in [0.5, 0.6) is 0 Å². The van der Waals surface area contributed by atoms with Crippen molar-refractivity contribution in [2.45, 2.75) is 0 Å². The normalized spacial score (nSPS) is 0. The molecule has 6 heavy (non-hydrogen) atoms. The molecule has 0 bridgehead atoms. The smallest absolute Gasteiger partial charge is 2.00 e. The second-order valence-corrected chi connectivity index (χ2v) is 0. The van der Waals surface area contributed by atoms with Gasteiger partial charge in [-0.15, -0.1) is 0 Å². The molecule has 36 valence electrons. The van der Waals surface area contributed by atoms with Crippen molar-refractivity contribution in [3.8, 4) is 0 Å². The Bertz CT molecular complexity index is 7.51. The zero-order valence-corrected chi connectivity index (χ0v) is 7.76. The minimum atomic E-state index is 0. The minimum Gasteiger partial charge on any atom is -2.00 e. The summed E-state index contributed by atoms with van der Waals surface area (Å²) in [5.74, 6) is 0. The molecule has 0 saturated heterocycles. The largest absolute Gasteiger partial charge is 4.00 e. The van der Waals surface area contributed by atoms with Gasteiger partial charge in [-0.3, -0.25) is 0 Å². The van der Waals surface area contributed by atoms with Gasteiger partial charge in [0.2, 0.25) is 0 Å². The van der Waals surface area contributed by atoms with Gasteiger partial charge in [0, 0.05) is 41.3 Å². The molecule has 0 N–H and O–H groups in total. The van der Waals surface area contributed by atoms with Gasteiger partial charge in [0.05, 0.1) is 0 Å². The van der Waals surface area contributed by atoms with Gasteiger partial charge in [0.25, 0.3) is 0 Å². The second-order valence-electron chi connectivity index (χ2n) is 0. The maximum atomic E-state index is 0. The van der Waals surface area contributed by atoms with E-state index in [2.05, 4.69) is 0 Å². The van der Waals surface area contributed by atoms with Crippen molar-refractivity contribution in [1.29, 1.82) is 0 Å². The fourth-order valence-corrected chi connectivity index (χ4v) is 0. The molecular weight excluding hydrogens is 256 g/mol. The molecule has 0 aliphatic rings. The molecule has 0 atom stereocenters. The molecule has 0 aliphatic carbocycles. The van der Waals surface area contributed by atoms with Crippen LogP contribution in [0.3, 0.4) is 0 Å². The molecule has 0 aromatic carbocycles. The summed E-state index contributed by atoms with van der Waals surface area (Å²) >= 11 is 0. The predicted molar refractivity (Wildman–Crippen MR) is 2.75 cm³/mol. The molecule has 0 aromatic rings. The SMILES string of the molecule is [O-2].[O-2].[O-2].[O-2].[Pr].[V+4]. The van der Waals surface area contributed by atoms with Crippen LogP contribution in [0, 0.1) is 41.3 Å². The molecule has 0 fully saturated rings. The Morgan fingerprint density at radius 1 is 0.500 bits per heavy atom. The summed E-state index contributed by atoms with van der Waals surface area (Å²) in [6, 6.07) is 0. The van der Waals surface area contributed by atoms with Gasteiger partial charge >= 0.3 is 18.6 Å². The summed E-state index contributed by atoms with van der Waals surface area (Å²) in [6.45, 7) is 0. The van der Waals surface area contributed by atoms with Crippen LogP contribution >= 0.6 is 0 Å². The Kier molecular flexibility index (Phi) is 1330. The molecule has 0 aromatic heterocycles. The molecule has 0 heterocycles. The van der Waals surface area contributed by atoms with E-state index in [0.717, 1.165) is 0 Å². The van der Waals surface area contributed by atoms with E-state index in [9.17, 15) is 0 Å². The molecule has 6 heteroatoms. The Labute approximate surface area is 80.8 Å². The quantitative estimate of drug-likeness (QED) is 0.557. The summed E-state index contributed by atoms with van der Waals surface area (Å²) in [4.78, 5) is 0. The number of hydrogen-bond acceptors (Lipinski definition) is 0. The maximum absolute atomic E-state index is 0. The summed E-state index contributed by atoms with van der Waals surface area (Å²) in [5, 5.41) is 0. The van der Waals surface area contributed by atoms with Gasteiger partial charge in [0.15, 0.2) is 0 Å². The molecule has 0 saturated carbocycles. The van der Waals surface area contributed by atoms with Crippen LogP contribution in [0.15, 0.2) is 0 Å². The molecule has 0 spiro atoms. The Morgan fingerprint density at radius 2 is 0.500 bits per heavy atom. The van der Waals surface area contributed by atoms with Crippen LogP contribution in [0.2, 0.25) is 0 Å². The van der Waals surface area contributed by atoms with E-state index in [1.165, 1.54) is 0 Å². The van der Waals surface area contributed by atoms with Crippen LogP contribution in [0.25, 0.3) is 0 Å². The average molecular weight is 256 g/mol. The third kappa shape index (κ3) is 41.5. The summed E-state index contributed by atoms with van der Waals surface area (Å²) in [7, 11) is 0. The minimum absolute atomic E-state index is 0. The molecule has 2 radical (unpaired) electrons. The van der Waals surface area contributed by atoms with Crippen LogP contribution in [0.1, 0.15) is 0 Å². The van der Waals surface area contributed by atoms with E-state index in [1.807, 2.05) is 0 Å². The van der Waals surface area contributed by atoms with E-state index in [1.54, 1.807) is 0 Å². The molecular formula is O4PrV-4. The van der Waals surface area contributed by atoms with Crippen molar-refractivity contribution in [1.82, 2.24) is 0 Å².